The van der Waals surface area contributed by atoms with E-state index in [2.05, 4.69) is 26.1 Å². The summed E-state index contributed by atoms with van der Waals surface area (Å²) in [5.41, 5.74) is 2.94. The van der Waals surface area contributed by atoms with E-state index in [9.17, 15) is 4.79 Å². The largest absolute Gasteiger partial charge is 0.356 e. The molecule has 0 aliphatic carbocycles. The quantitative estimate of drug-likeness (QED) is 0.740. The lowest BCUT2D eigenvalue weighted by Crippen LogP contribution is -2.41. The van der Waals surface area contributed by atoms with E-state index in [1.54, 1.807) is 0 Å². The van der Waals surface area contributed by atoms with Crippen LogP contribution >= 0.6 is 0 Å². The molecule has 3 nitrogen and oxygen atoms in total. The van der Waals surface area contributed by atoms with Gasteiger partial charge < -0.3 is 10.7 Å². The first-order chi connectivity index (χ1) is 8.32. The fourth-order valence-electron chi connectivity index (χ4n) is 2.86. The molecule has 0 radical (unpaired) electrons. The zero-order valence-corrected chi connectivity index (χ0v) is 12.3. The van der Waals surface area contributed by atoms with Crippen molar-refractivity contribution in [3.05, 3.63) is 11.1 Å². The zero-order chi connectivity index (χ0) is 13.9. The highest BCUT2D eigenvalue weighted by Crippen LogP contribution is 2.25. The van der Waals surface area contributed by atoms with Gasteiger partial charge in [-0.15, -0.1) is 0 Å². The molecule has 0 bridgehead atoms. The number of nitrogens with one attached hydrogen (secondary N) is 2. The Labute approximate surface area is 111 Å². The predicted octanol–water partition coefficient (Wildman–Crippen LogP) is 3.16. The monoisotopic (exact) mass is 250 g/mol. The normalized spacial score (nSPS) is 23.8. The van der Waals surface area contributed by atoms with Gasteiger partial charge in [-0.3, -0.25) is 4.79 Å². The molecular formula is C15H26N2O. The van der Waals surface area contributed by atoms with Gasteiger partial charge in [0.15, 0.2) is 0 Å². The topological polar surface area (TPSA) is 53.0 Å². The SMILES string of the molecule is CC(C)=C(C(=N)CC1CC(C)CNC1=O)C(C)C. The van der Waals surface area contributed by atoms with E-state index >= 15 is 0 Å². The van der Waals surface area contributed by atoms with Crippen LogP contribution in [0, 0.1) is 23.2 Å². The molecule has 102 valence electrons. The van der Waals surface area contributed by atoms with Crippen molar-refractivity contribution in [3.63, 3.8) is 0 Å². The number of piperidine rings is 1. The van der Waals surface area contributed by atoms with Gasteiger partial charge >= 0.3 is 0 Å². The van der Waals surface area contributed by atoms with Crippen molar-refractivity contribution in [2.45, 2.75) is 47.5 Å². The Hall–Kier alpha value is -1.12. The Balaban J connectivity index is 2.74. The summed E-state index contributed by atoms with van der Waals surface area (Å²) >= 11 is 0. The Morgan fingerprint density at radius 1 is 1.44 bits per heavy atom. The number of carbonyl (C=O) groups excluding carboxylic acids is 1. The first kappa shape index (κ1) is 14.9. The third kappa shape index (κ3) is 3.69. The minimum Gasteiger partial charge on any atom is -0.356 e. The molecule has 1 saturated heterocycles. The highest BCUT2D eigenvalue weighted by atomic mass is 16.1. The molecule has 1 aliphatic rings. The van der Waals surface area contributed by atoms with Crippen LogP contribution in [0.4, 0.5) is 0 Å². The summed E-state index contributed by atoms with van der Waals surface area (Å²) in [5.74, 6) is 0.977. The molecule has 2 atom stereocenters. The van der Waals surface area contributed by atoms with Crippen LogP contribution in [-0.2, 0) is 4.79 Å². The standard InChI is InChI=1S/C15H26N2O/c1-9(2)14(10(3)4)13(16)7-12-6-11(5)8-17-15(12)18/h9,11-12,16H,6-8H2,1-5H3,(H,17,18). The van der Waals surface area contributed by atoms with Crippen LogP contribution in [0.5, 0.6) is 0 Å². The van der Waals surface area contributed by atoms with Gasteiger partial charge in [-0.1, -0.05) is 26.3 Å². The Kier molecular flexibility index (Phi) is 5.12. The van der Waals surface area contributed by atoms with Crippen LogP contribution < -0.4 is 5.32 Å². The van der Waals surface area contributed by atoms with E-state index in [0.29, 0.717) is 24.0 Å². The second kappa shape index (κ2) is 6.17. The third-order valence-corrected chi connectivity index (χ3v) is 3.57. The molecule has 1 heterocycles. The molecule has 2 N–H and O–H groups in total. The van der Waals surface area contributed by atoms with Gasteiger partial charge in [0.2, 0.25) is 5.91 Å². The maximum atomic E-state index is 11.8. The van der Waals surface area contributed by atoms with Crippen LogP contribution in [0.15, 0.2) is 11.1 Å². The number of allylic oxidation sites excluding steroid dienone is 2. The van der Waals surface area contributed by atoms with Crippen molar-refractivity contribution in [1.29, 1.82) is 5.41 Å². The zero-order valence-electron chi connectivity index (χ0n) is 12.3. The lowest BCUT2D eigenvalue weighted by Gasteiger charge is -2.28. The summed E-state index contributed by atoms with van der Waals surface area (Å²) in [7, 11) is 0. The van der Waals surface area contributed by atoms with Gasteiger partial charge in [-0.25, -0.2) is 0 Å². The maximum Gasteiger partial charge on any atom is 0.223 e. The second-order valence-corrected chi connectivity index (χ2v) is 6.03. The van der Waals surface area contributed by atoms with E-state index in [0.717, 1.165) is 18.5 Å². The first-order valence-corrected chi connectivity index (χ1v) is 6.85. The van der Waals surface area contributed by atoms with Crippen molar-refractivity contribution < 1.29 is 4.79 Å². The van der Waals surface area contributed by atoms with E-state index in [1.807, 2.05) is 13.8 Å². The molecule has 18 heavy (non-hydrogen) atoms. The van der Waals surface area contributed by atoms with Crippen LogP contribution in [0.2, 0.25) is 0 Å². The van der Waals surface area contributed by atoms with Crippen molar-refractivity contribution >= 4 is 11.6 Å². The number of hydrogen-bond donors (Lipinski definition) is 2. The highest BCUT2D eigenvalue weighted by molar-refractivity contribution is 6.01. The van der Waals surface area contributed by atoms with Crippen LogP contribution in [0.25, 0.3) is 0 Å². The highest BCUT2D eigenvalue weighted by Gasteiger charge is 2.28. The van der Waals surface area contributed by atoms with Gasteiger partial charge in [0, 0.05) is 24.6 Å². The summed E-state index contributed by atoms with van der Waals surface area (Å²) in [4.78, 5) is 11.8. The Bertz CT molecular complexity index is 365. The Morgan fingerprint density at radius 2 is 2.06 bits per heavy atom. The second-order valence-electron chi connectivity index (χ2n) is 6.03. The smallest absolute Gasteiger partial charge is 0.223 e. The van der Waals surface area contributed by atoms with Crippen LogP contribution in [0.3, 0.4) is 0 Å². The van der Waals surface area contributed by atoms with Gasteiger partial charge in [-0.2, -0.15) is 0 Å². The van der Waals surface area contributed by atoms with Crippen molar-refractivity contribution in [3.8, 4) is 0 Å². The average molecular weight is 250 g/mol. The molecule has 0 saturated carbocycles. The third-order valence-electron chi connectivity index (χ3n) is 3.57. The molecular weight excluding hydrogens is 224 g/mol. The molecule has 2 unspecified atom stereocenters. The lowest BCUT2D eigenvalue weighted by molar-refractivity contribution is -0.127. The van der Waals surface area contributed by atoms with E-state index in [-0.39, 0.29) is 11.8 Å². The maximum absolute atomic E-state index is 11.8. The minimum atomic E-state index is -0.0191. The number of carbonyl (C=O) groups is 1. The predicted molar refractivity (Wildman–Crippen MR) is 75.8 cm³/mol. The molecule has 0 spiro atoms. The summed E-state index contributed by atoms with van der Waals surface area (Å²) in [5, 5.41) is 11.2. The van der Waals surface area contributed by atoms with E-state index in [4.69, 9.17) is 5.41 Å². The number of hydrogen-bond acceptors (Lipinski definition) is 2. The van der Waals surface area contributed by atoms with Gasteiger partial charge in [-0.05, 0) is 37.7 Å². The van der Waals surface area contributed by atoms with Crippen molar-refractivity contribution in [1.82, 2.24) is 5.32 Å². The summed E-state index contributed by atoms with van der Waals surface area (Å²) in [6.45, 7) is 11.3. The summed E-state index contributed by atoms with van der Waals surface area (Å²) in [6.07, 6.45) is 1.48. The number of amides is 1. The molecule has 1 aliphatic heterocycles. The van der Waals surface area contributed by atoms with E-state index < -0.39 is 0 Å². The van der Waals surface area contributed by atoms with Crippen LogP contribution in [-0.4, -0.2) is 18.2 Å². The van der Waals surface area contributed by atoms with Crippen LogP contribution in [0.1, 0.15) is 47.5 Å². The molecule has 0 aromatic rings. The van der Waals surface area contributed by atoms with Crippen molar-refractivity contribution in [2.24, 2.45) is 17.8 Å². The van der Waals surface area contributed by atoms with Gasteiger partial charge in [0.25, 0.3) is 0 Å². The molecule has 3 heteroatoms. The molecule has 1 amide bonds. The fourth-order valence-corrected chi connectivity index (χ4v) is 2.86. The summed E-state index contributed by atoms with van der Waals surface area (Å²) in [6, 6.07) is 0. The average Bonchev–Trinajstić information content (AvgIpc) is 2.22. The molecule has 1 rings (SSSR count). The minimum absolute atomic E-state index is 0.0191. The molecule has 1 fully saturated rings. The van der Waals surface area contributed by atoms with Crippen molar-refractivity contribution in [2.75, 3.05) is 6.54 Å². The molecule has 0 aromatic heterocycles. The first-order valence-electron chi connectivity index (χ1n) is 6.85. The fraction of sp³-hybridized carbons (Fsp3) is 0.733. The number of rotatable bonds is 4. The van der Waals surface area contributed by atoms with E-state index in [1.165, 1.54) is 5.57 Å². The summed E-state index contributed by atoms with van der Waals surface area (Å²) < 4.78 is 0. The van der Waals surface area contributed by atoms with Gasteiger partial charge in [0.05, 0.1) is 0 Å². The lowest BCUT2D eigenvalue weighted by atomic mass is 9.83. The van der Waals surface area contributed by atoms with Gasteiger partial charge in [0.1, 0.15) is 0 Å². The molecule has 0 aromatic carbocycles. The Morgan fingerprint density at radius 3 is 2.56 bits per heavy atom.